The van der Waals surface area contributed by atoms with Crippen molar-refractivity contribution < 1.29 is 33.8 Å². The number of esters is 2. The van der Waals surface area contributed by atoms with Crippen LogP contribution in [-0.2, 0) is 27.3 Å². The monoisotopic (exact) mass is 598 g/mol. The van der Waals surface area contributed by atoms with E-state index in [9.17, 15) is 24.3 Å². The molecule has 3 aromatic rings. The average molecular weight is 599 g/mol. The van der Waals surface area contributed by atoms with Gasteiger partial charge in [-0.3, -0.25) is 19.8 Å². The van der Waals surface area contributed by atoms with E-state index in [-0.39, 0.29) is 60.4 Å². The molecule has 1 fully saturated rings. The highest BCUT2D eigenvalue weighted by Crippen LogP contribution is 2.32. The number of nitrogens with zero attached hydrogens (tertiary/aromatic N) is 1. The molecule has 0 saturated heterocycles. The number of nitrogens with two attached hydrogens (primary N) is 1. The largest absolute Gasteiger partial charge is 0.462 e. The molecule has 228 valence electrons. The number of carbonyl (C=O) groups is 4. The van der Waals surface area contributed by atoms with Crippen molar-refractivity contribution in [3.63, 3.8) is 0 Å². The summed E-state index contributed by atoms with van der Waals surface area (Å²) in [6.07, 6.45) is 3.58. The van der Waals surface area contributed by atoms with Gasteiger partial charge in [-0.05, 0) is 65.3 Å². The van der Waals surface area contributed by atoms with E-state index in [0.29, 0.717) is 40.3 Å². The molecular weight excluding hydrogens is 564 g/mol. The maximum Gasteiger partial charge on any atom is 0.357 e. The zero-order valence-electron chi connectivity index (χ0n) is 24.4. The number of amides is 1. The summed E-state index contributed by atoms with van der Waals surface area (Å²) in [5.74, 6) is -1.85. The summed E-state index contributed by atoms with van der Waals surface area (Å²) in [7, 11) is 0. The lowest BCUT2D eigenvalue weighted by molar-refractivity contribution is -0.142. The Kier molecular flexibility index (Phi) is 10.4. The molecule has 0 radical (unpaired) electrons. The van der Waals surface area contributed by atoms with Crippen LogP contribution in [0.25, 0.3) is 17.2 Å². The van der Waals surface area contributed by atoms with E-state index in [1.165, 1.54) is 25.1 Å². The second-order valence-electron chi connectivity index (χ2n) is 10.4. The van der Waals surface area contributed by atoms with Crippen LogP contribution in [0.5, 0.6) is 0 Å². The number of aliphatic hydroxyl groups is 1. The Labute approximate surface area is 254 Å². The molecule has 0 bridgehead atoms. The molecule has 0 unspecified atom stereocenters. The number of pyridine rings is 1. The molecule has 1 aliphatic rings. The summed E-state index contributed by atoms with van der Waals surface area (Å²) in [6.45, 7) is 4.73. The van der Waals surface area contributed by atoms with Gasteiger partial charge < -0.3 is 25.6 Å². The Hall–Kier alpha value is -5.16. The number of ether oxygens (including phenoxy) is 2. The molecule has 11 heteroatoms. The molecular formula is C33H34N4O7. The van der Waals surface area contributed by atoms with Crippen molar-refractivity contribution in [2.24, 2.45) is 11.7 Å². The van der Waals surface area contributed by atoms with Crippen molar-refractivity contribution in [3.8, 4) is 11.1 Å². The Morgan fingerprint density at radius 2 is 1.77 bits per heavy atom. The van der Waals surface area contributed by atoms with Gasteiger partial charge in [0.1, 0.15) is 24.7 Å². The summed E-state index contributed by atoms with van der Waals surface area (Å²) < 4.78 is 10.2. The highest BCUT2D eigenvalue weighted by molar-refractivity contribution is 6.07. The van der Waals surface area contributed by atoms with E-state index >= 15 is 0 Å². The Bertz CT molecular complexity index is 1610. The molecule has 5 N–H and O–H groups in total. The molecule has 1 aromatic heterocycles. The van der Waals surface area contributed by atoms with Gasteiger partial charge >= 0.3 is 11.9 Å². The number of hydrogen-bond donors (Lipinski definition) is 4. The second kappa shape index (κ2) is 14.3. The van der Waals surface area contributed by atoms with Crippen molar-refractivity contribution in [2.75, 3.05) is 19.8 Å². The zero-order valence-corrected chi connectivity index (χ0v) is 24.4. The summed E-state index contributed by atoms with van der Waals surface area (Å²) in [5.41, 5.74) is 8.23. The average Bonchev–Trinajstić information content (AvgIpc) is 3.85. The molecule has 1 heterocycles. The maximum atomic E-state index is 13.8. The van der Waals surface area contributed by atoms with Crippen LogP contribution in [0.3, 0.4) is 0 Å². The van der Waals surface area contributed by atoms with Gasteiger partial charge in [0, 0.05) is 36.6 Å². The Morgan fingerprint density at radius 1 is 1.07 bits per heavy atom. The number of aromatic nitrogens is 1. The number of rotatable bonds is 14. The third kappa shape index (κ3) is 8.01. The van der Waals surface area contributed by atoms with Crippen LogP contribution in [0.2, 0.25) is 0 Å². The predicted molar refractivity (Wildman–Crippen MR) is 163 cm³/mol. The van der Waals surface area contributed by atoms with Crippen LogP contribution in [0.4, 0.5) is 0 Å². The third-order valence-corrected chi connectivity index (χ3v) is 7.08. The second-order valence-corrected chi connectivity index (χ2v) is 10.4. The van der Waals surface area contributed by atoms with Crippen LogP contribution >= 0.6 is 0 Å². The minimum Gasteiger partial charge on any atom is -0.462 e. The van der Waals surface area contributed by atoms with Gasteiger partial charge in [-0.15, -0.1) is 0 Å². The fourth-order valence-corrected chi connectivity index (χ4v) is 4.52. The molecule has 0 aliphatic heterocycles. The highest BCUT2D eigenvalue weighted by Gasteiger charge is 2.26. The molecule has 11 nitrogen and oxygen atoms in total. The first-order chi connectivity index (χ1) is 21.1. The Balaban J connectivity index is 1.76. The zero-order chi connectivity index (χ0) is 31.8. The molecule has 1 saturated carbocycles. The van der Waals surface area contributed by atoms with Gasteiger partial charge in [-0.2, -0.15) is 0 Å². The van der Waals surface area contributed by atoms with Gasteiger partial charge in [-0.25, -0.2) is 9.78 Å². The standard InChI is InChI=1S/C33H34N4O7/c1-3-22-15-27(29(40)14-20-6-8-23(9-7-20)31(34)35)26(16-24(22)18-38)25-10-11-28(32(41)36-17-21-4-5-21)37-30(25)33(42)44-13-12-43-19(2)39/h3,6-11,15-16,21,38H,1,4-5,12-14,17-18H2,2H3,(H3,34,35)(H,36,41). The van der Waals surface area contributed by atoms with Crippen molar-refractivity contribution in [1.29, 1.82) is 5.41 Å². The number of ketones is 1. The normalized spacial score (nSPS) is 12.2. The van der Waals surface area contributed by atoms with E-state index in [0.717, 1.165) is 12.8 Å². The first-order valence-corrected chi connectivity index (χ1v) is 14.1. The highest BCUT2D eigenvalue weighted by atomic mass is 16.6. The molecule has 44 heavy (non-hydrogen) atoms. The van der Waals surface area contributed by atoms with Gasteiger partial charge in [-0.1, -0.05) is 36.9 Å². The molecule has 0 atom stereocenters. The maximum absolute atomic E-state index is 13.8. The number of Topliss-reactive ketones (excluding diaryl/α,β-unsaturated/α-hetero) is 1. The molecule has 0 spiro atoms. The van der Waals surface area contributed by atoms with Crippen LogP contribution in [0, 0.1) is 11.3 Å². The van der Waals surface area contributed by atoms with Crippen LogP contribution < -0.4 is 11.1 Å². The number of hydrogen-bond acceptors (Lipinski definition) is 9. The quantitative estimate of drug-likeness (QED) is 0.0710. The predicted octanol–water partition coefficient (Wildman–Crippen LogP) is 3.45. The lowest BCUT2D eigenvalue weighted by atomic mass is 9.89. The van der Waals surface area contributed by atoms with Gasteiger partial charge in [0.15, 0.2) is 11.5 Å². The van der Waals surface area contributed by atoms with Gasteiger partial charge in [0.25, 0.3) is 5.91 Å². The SMILES string of the molecule is C=Cc1cc(C(=O)Cc2ccc(C(=N)N)cc2)c(-c2ccc(C(=O)NCC3CC3)nc2C(=O)OCCOC(C)=O)cc1CO. The summed E-state index contributed by atoms with van der Waals surface area (Å²) in [4.78, 5) is 55.4. The van der Waals surface area contributed by atoms with Gasteiger partial charge in [0.2, 0.25) is 0 Å². The molecule has 1 amide bonds. The summed E-state index contributed by atoms with van der Waals surface area (Å²) in [6, 6.07) is 12.9. The van der Waals surface area contributed by atoms with E-state index in [2.05, 4.69) is 16.9 Å². The van der Waals surface area contributed by atoms with Crippen LogP contribution in [0.15, 0.2) is 55.1 Å². The topological polar surface area (TPSA) is 182 Å². The summed E-state index contributed by atoms with van der Waals surface area (Å²) in [5, 5.41) is 20.5. The van der Waals surface area contributed by atoms with Crippen molar-refractivity contribution >= 4 is 35.5 Å². The lowest BCUT2D eigenvalue weighted by Crippen LogP contribution is -2.27. The van der Waals surface area contributed by atoms with Crippen molar-refractivity contribution in [1.82, 2.24) is 10.3 Å². The molecule has 1 aliphatic carbocycles. The van der Waals surface area contributed by atoms with Crippen molar-refractivity contribution in [2.45, 2.75) is 32.8 Å². The van der Waals surface area contributed by atoms with E-state index in [1.807, 2.05) is 0 Å². The number of carbonyl (C=O) groups excluding carboxylic acids is 4. The minimum absolute atomic E-state index is 0.00938. The Morgan fingerprint density at radius 3 is 2.39 bits per heavy atom. The van der Waals surface area contributed by atoms with Gasteiger partial charge in [0.05, 0.1) is 6.61 Å². The van der Waals surface area contributed by atoms with Crippen molar-refractivity contribution in [3.05, 3.63) is 94.3 Å². The first kappa shape index (κ1) is 31.8. The first-order valence-electron chi connectivity index (χ1n) is 14.1. The smallest absolute Gasteiger partial charge is 0.357 e. The lowest BCUT2D eigenvalue weighted by Gasteiger charge is -2.17. The minimum atomic E-state index is -0.888. The fourth-order valence-electron chi connectivity index (χ4n) is 4.52. The van der Waals surface area contributed by atoms with E-state index < -0.39 is 17.8 Å². The number of benzene rings is 2. The number of amidine groups is 1. The number of nitrogen functional groups attached to an aromatic ring is 1. The fraction of sp³-hybridized carbons (Fsp3) is 0.273. The van der Waals surface area contributed by atoms with E-state index in [4.69, 9.17) is 20.6 Å². The van der Waals surface area contributed by atoms with Crippen LogP contribution in [0.1, 0.15) is 73.4 Å². The number of aliphatic hydroxyl groups excluding tert-OH is 1. The molecule has 4 rings (SSSR count). The summed E-state index contributed by atoms with van der Waals surface area (Å²) >= 11 is 0. The van der Waals surface area contributed by atoms with E-state index in [1.54, 1.807) is 36.4 Å². The third-order valence-electron chi connectivity index (χ3n) is 7.08. The number of nitrogens with one attached hydrogen (secondary N) is 2. The van der Waals surface area contributed by atoms with Crippen LogP contribution in [-0.4, -0.2) is 59.3 Å². The molecule has 2 aromatic carbocycles.